The zero-order valence-electron chi connectivity index (χ0n) is 32.8. The Balaban J connectivity index is 0.000000221. The molecule has 1 heterocycles. The van der Waals surface area contributed by atoms with Crippen molar-refractivity contribution in [3.05, 3.63) is 34.9 Å². The van der Waals surface area contributed by atoms with Gasteiger partial charge in [0, 0.05) is 5.56 Å². The second kappa shape index (κ2) is 12.2. The quantitative estimate of drug-likeness (QED) is 0.229. The summed E-state index contributed by atoms with van der Waals surface area (Å²) in [6.45, 7) is 20.4. The van der Waals surface area contributed by atoms with E-state index in [1.165, 1.54) is 18.7 Å². The van der Waals surface area contributed by atoms with Crippen LogP contribution in [0, 0.1) is 50.2 Å². The Morgan fingerprint density at radius 2 is 1.51 bits per heavy atom. The Labute approximate surface area is 305 Å². The number of carboxylic acid groups (broad SMARTS) is 2. The van der Waals surface area contributed by atoms with Crippen molar-refractivity contribution >= 4 is 11.9 Å². The molecule has 0 aromatic heterocycles. The molecule has 0 amide bonds. The van der Waals surface area contributed by atoms with Gasteiger partial charge in [0.25, 0.3) is 0 Å². The summed E-state index contributed by atoms with van der Waals surface area (Å²) >= 11 is 0. The van der Waals surface area contributed by atoms with Gasteiger partial charge >= 0.3 is 11.9 Å². The number of aliphatic carboxylic acids is 1. The summed E-state index contributed by atoms with van der Waals surface area (Å²) in [5.74, 6) is 0.258. The first-order valence-electron chi connectivity index (χ1n) is 19.4. The van der Waals surface area contributed by atoms with E-state index in [2.05, 4.69) is 54.5 Å². The van der Waals surface area contributed by atoms with Crippen molar-refractivity contribution in [3.8, 4) is 11.5 Å². The minimum atomic E-state index is -1.04. The van der Waals surface area contributed by atoms with Crippen LogP contribution in [0.1, 0.15) is 142 Å². The maximum Gasteiger partial charge on any atom is 0.339 e. The second-order valence-electron chi connectivity index (χ2n) is 19.9. The predicted octanol–water partition coefficient (Wildman–Crippen LogP) is 8.70. The Bertz CT molecular complexity index is 1610. The maximum atomic E-state index is 12.8. The molecule has 51 heavy (non-hydrogen) atoms. The van der Waals surface area contributed by atoms with Crippen molar-refractivity contribution < 1.29 is 39.5 Å². The Hall–Kier alpha value is -2.58. The van der Waals surface area contributed by atoms with E-state index in [-0.39, 0.29) is 50.3 Å². The number of aliphatic hydroxyl groups is 2. The molecule has 1 aromatic carbocycles. The topological polar surface area (TPSA) is 134 Å². The summed E-state index contributed by atoms with van der Waals surface area (Å²) in [4.78, 5) is 23.9. The maximum absolute atomic E-state index is 12.8. The lowest BCUT2D eigenvalue weighted by molar-refractivity contribution is -0.218. The van der Waals surface area contributed by atoms with E-state index in [0.717, 1.165) is 69.1 Å². The Kier molecular flexibility index (Phi) is 9.15. The van der Waals surface area contributed by atoms with Gasteiger partial charge in [0.1, 0.15) is 28.1 Å². The largest absolute Gasteiger partial charge is 0.495 e. The molecule has 6 aliphatic rings. The molecule has 4 saturated carbocycles. The molecule has 0 spiro atoms. The highest BCUT2D eigenvalue weighted by Gasteiger charge is 2.71. The van der Waals surface area contributed by atoms with Gasteiger partial charge in [-0.1, -0.05) is 60.1 Å². The summed E-state index contributed by atoms with van der Waals surface area (Å²) in [7, 11) is 1.49. The van der Waals surface area contributed by atoms with Crippen molar-refractivity contribution in [2.24, 2.45) is 50.2 Å². The molecule has 7 rings (SSSR count). The molecule has 5 aliphatic carbocycles. The molecule has 4 N–H and O–H groups in total. The first-order valence-corrected chi connectivity index (χ1v) is 19.4. The first-order chi connectivity index (χ1) is 23.5. The average molecular weight is 709 g/mol. The van der Waals surface area contributed by atoms with Crippen LogP contribution >= 0.6 is 0 Å². The molecule has 9 unspecified atom stereocenters. The SMILES string of the molecule is CC1(C)CCC2(C(=O)O)C(O)CC3(C)C(=CCC4C5(C)CCC(O)C(C)(C)C5CCC43C)C2C1.COc1c(C(=O)O)ccc2c1CCC(C)(C)O2. The van der Waals surface area contributed by atoms with Gasteiger partial charge in [0.15, 0.2) is 0 Å². The Morgan fingerprint density at radius 3 is 2.14 bits per heavy atom. The normalized spacial score (nSPS) is 41.3. The van der Waals surface area contributed by atoms with Gasteiger partial charge in [-0.05, 0) is 141 Å². The number of aliphatic hydroxyl groups excluding tert-OH is 2. The molecule has 1 aromatic rings. The number of rotatable bonds is 3. The number of carboxylic acids is 2. The highest BCUT2D eigenvalue weighted by Crippen LogP contribution is 2.75. The van der Waals surface area contributed by atoms with E-state index >= 15 is 0 Å². The summed E-state index contributed by atoms with van der Waals surface area (Å²) in [6, 6.07) is 3.24. The van der Waals surface area contributed by atoms with Gasteiger partial charge in [0.05, 0.1) is 19.3 Å². The summed E-state index contributed by atoms with van der Waals surface area (Å²) in [5, 5.41) is 42.1. The highest BCUT2D eigenvalue weighted by molar-refractivity contribution is 5.92. The molecule has 0 radical (unpaired) electrons. The molecular weight excluding hydrogens is 644 g/mol. The van der Waals surface area contributed by atoms with Crippen molar-refractivity contribution in [2.45, 2.75) is 151 Å². The van der Waals surface area contributed by atoms with Crippen LogP contribution in [0.4, 0.5) is 0 Å². The van der Waals surface area contributed by atoms with Crippen molar-refractivity contribution in [2.75, 3.05) is 7.11 Å². The Morgan fingerprint density at radius 1 is 0.824 bits per heavy atom. The van der Waals surface area contributed by atoms with E-state index in [0.29, 0.717) is 30.4 Å². The van der Waals surface area contributed by atoms with Crippen LogP contribution in [-0.4, -0.2) is 57.3 Å². The van der Waals surface area contributed by atoms with Gasteiger partial charge in [-0.3, -0.25) is 4.79 Å². The molecule has 0 saturated heterocycles. The van der Waals surface area contributed by atoms with E-state index < -0.39 is 23.5 Å². The van der Waals surface area contributed by atoms with Crippen LogP contribution in [0.5, 0.6) is 11.5 Å². The van der Waals surface area contributed by atoms with Crippen LogP contribution in [0.15, 0.2) is 23.8 Å². The lowest BCUT2D eigenvalue weighted by Crippen LogP contribution is -2.67. The van der Waals surface area contributed by atoms with Crippen LogP contribution < -0.4 is 9.47 Å². The standard InChI is InChI=1S/C30H48O4.C13H16O4/c1-25(2)14-15-30(24(33)34)19(16-25)18-8-9-21-27(5)12-11-22(31)26(3,4)20(27)10-13-28(21,6)29(18,7)17-23(30)32;1-13(2)7-6-8-10(17-13)5-4-9(12(14)15)11(8)16-3/h8,19-23,31-32H,9-17H2,1-7H3,(H,33,34);4-5H,6-7H2,1-3H3,(H,14,15). The van der Waals surface area contributed by atoms with Gasteiger partial charge in [-0.15, -0.1) is 0 Å². The van der Waals surface area contributed by atoms with Gasteiger partial charge in [-0.25, -0.2) is 4.79 Å². The number of fused-ring (bicyclic) bond motifs is 8. The summed E-state index contributed by atoms with van der Waals surface area (Å²) in [6.07, 6.45) is 11.0. The number of carbonyl (C=O) groups is 2. The third kappa shape index (κ3) is 5.58. The molecule has 0 bridgehead atoms. The molecule has 4 fully saturated rings. The van der Waals surface area contributed by atoms with Gasteiger partial charge in [-0.2, -0.15) is 0 Å². The van der Waals surface area contributed by atoms with E-state index in [4.69, 9.17) is 14.6 Å². The second-order valence-corrected chi connectivity index (χ2v) is 19.9. The third-order valence-electron chi connectivity index (χ3n) is 16.1. The first kappa shape index (κ1) is 38.2. The lowest BCUT2D eigenvalue weighted by Gasteiger charge is -2.71. The minimum absolute atomic E-state index is 0.0218. The summed E-state index contributed by atoms with van der Waals surface area (Å²) < 4.78 is 11.0. The van der Waals surface area contributed by atoms with Crippen LogP contribution in [0.2, 0.25) is 0 Å². The zero-order chi connectivity index (χ0) is 37.7. The molecule has 8 heteroatoms. The van der Waals surface area contributed by atoms with Crippen molar-refractivity contribution in [1.82, 2.24) is 0 Å². The number of hydrogen-bond donors (Lipinski definition) is 4. The molecular formula is C43H64O8. The van der Waals surface area contributed by atoms with Crippen molar-refractivity contribution in [1.29, 1.82) is 0 Å². The monoisotopic (exact) mass is 708 g/mol. The van der Waals surface area contributed by atoms with Crippen molar-refractivity contribution in [3.63, 3.8) is 0 Å². The fourth-order valence-corrected chi connectivity index (χ4v) is 12.8. The van der Waals surface area contributed by atoms with Crippen LogP contribution in [0.3, 0.4) is 0 Å². The van der Waals surface area contributed by atoms with Crippen LogP contribution in [-0.2, 0) is 11.2 Å². The number of methoxy groups -OCH3 is 1. The zero-order valence-corrected chi connectivity index (χ0v) is 32.8. The smallest absolute Gasteiger partial charge is 0.339 e. The fourth-order valence-electron chi connectivity index (χ4n) is 12.8. The average Bonchev–Trinajstić information content (AvgIpc) is 3.02. The van der Waals surface area contributed by atoms with Gasteiger partial charge in [0.2, 0.25) is 0 Å². The van der Waals surface area contributed by atoms with E-state index in [9.17, 15) is 24.9 Å². The summed E-state index contributed by atoms with van der Waals surface area (Å²) in [5.41, 5.74) is 1.13. The van der Waals surface area contributed by atoms with E-state index in [1.807, 2.05) is 13.8 Å². The number of benzene rings is 1. The van der Waals surface area contributed by atoms with Gasteiger partial charge < -0.3 is 29.9 Å². The highest BCUT2D eigenvalue weighted by atomic mass is 16.5. The predicted molar refractivity (Wildman–Crippen MR) is 197 cm³/mol. The van der Waals surface area contributed by atoms with Crippen LogP contribution in [0.25, 0.3) is 0 Å². The molecule has 284 valence electrons. The third-order valence-corrected chi connectivity index (χ3v) is 16.1. The number of allylic oxidation sites excluding steroid dienone is 2. The molecule has 8 nitrogen and oxygen atoms in total. The molecule has 9 atom stereocenters. The lowest BCUT2D eigenvalue weighted by atomic mass is 9.33. The number of hydrogen-bond acceptors (Lipinski definition) is 6. The fraction of sp³-hybridized carbons (Fsp3) is 0.767. The minimum Gasteiger partial charge on any atom is -0.495 e. The van der Waals surface area contributed by atoms with E-state index in [1.54, 1.807) is 6.07 Å². The number of aromatic carboxylic acids is 1. The number of ether oxygens (including phenoxy) is 2. The molecule has 1 aliphatic heterocycles.